The number of hydrogen-bond donors (Lipinski definition) is 2. The highest BCUT2D eigenvalue weighted by Gasteiger charge is 2.09. The summed E-state index contributed by atoms with van der Waals surface area (Å²) in [6, 6.07) is 9.08. The molecule has 0 aliphatic heterocycles. The highest BCUT2D eigenvalue weighted by Crippen LogP contribution is 2.25. The number of aromatic hydroxyl groups is 1. The van der Waals surface area contributed by atoms with Gasteiger partial charge >= 0.3 is 0 Å². The van der Waals surface area contributed by atoms with Crippen LogP contribution in [0.4, 0.5) is 14.5 Å². The predicted molar refractivity (Wildman–Crippen MR) is 74.2 cm³/mol. The molecule has 0 amide bonds. The number of hydrogen-bond acceptors (Lipinski definition) is 3. The topological polar surface area (TPSA) is 56.0 Å². The zero-order chi connectivity index (χ0) is 14.7. The highest BCUT2D eigenvalue weighted by atomic mass is 79.9. The molecule has 0 heterocycles. The Balaban J connectivity index is 2.15. The molecule has 0 unspecified atom stereocenters. The first kappa shape index (κ1) is 14.3. The van der Waals surface area contributed by atoms with Crippen molar-refractivity contribution < 1.29 is 13.9 Å². The number of nitrogens with one attached hydrogen (secondary N) is 1. The summed E-state index contributed by atoms with van der Waals surface area (Å²) in [5.41, 5.74) is 1.55. The van der Waals surface area contributed by atoms with Crippen LogP contribution >= 0.6 is 15.9 Å². The summed E-state index contributed by atoms with van der Waals surface area (Å²) in [5, 5.41) is 20.7. The van der Waals surface area contributed by atoms with E-state index in [2.05, 4.69) is 21.2 Å². The van der Waals surface area contributed by atoms with Gasteiger partial charge in [0.25, 0.3) is 0 Å². The molecule has 0 aliphatic rings. The minimum atomic E-state index is -0.999. The summed E-state index contributed by atoms with van der Waals surface area (Å²) in [5.74, 6) is -2.98. The molecule has 102 valence electrons. The van der Waals surface area contributed by atoms with Crippen molar-refractivity contribution in [1.82, 2.24) is 0 Å². The highest BCUT2D eigenvalue weighted by molar-refractivity contribution is 9.10. The van der Waals surface area contributed by atoms with Gasteiger partial charge in [-0.2, -0.15) is 5.26 Å². The molecule has 2 aromatic carbocycles. The van der Waals surface area contributed by atoms with Crippen molar-refractivity contribution in [3.8, 4) is 11.8 Å². The van der Waals surface area contributed by atoms with Crippen molar-refractivity contribution in [3.63, 3.8) is 0 Å². The molecular weight excluding hydrogens is 330 g/mol. The summed E-state index contributed by atoms with van der Waals surface area (Å²) >= 11 is 3.30. The van der Waals surface area contributed by atoms with Gasteiger partial charge in [0.05, 0.1) is 11.6 Å². The Kier molecular flexibility index (Phi) is 4.20. The molecule has 2 aromatic rings. The van der Waals surface area contributed by atoms with E-state index in [1.165, 1.54) is 0 Å². The third-order valence-electron chi connectivity index (χ3n) is 2.66. The Morgan fingerprint density at radius 2 is 1.85 bits per heavy atom. The van der Waals surface area contributed by atoms with Crippen molar-refractivity contribution in [1.29, 1.82) is 5.26 Å². The van der Waals surface area contributed by atoms with Crippen LogP contribution in [0.2, 0.25) is 0 Å². The van der Waals surface area contributed by atoms with E-state index in [1.54, 1.807) is 18.2 Å². The smallest absolute Gasteiger partial charge is 0.187 e. The van der Waals surface area contributed by atoms with Crippen molar-refractivity contribution in [3.05, 3.63) is 57.6 Å². The summed E-state index contributed by atoms with van der Waals surface area (Å²) < 4.78 is 27.0. The first-order valence-corrected chi connectivity index (χ1v) is 6.41. The molecule has 0 spiro atoms. The van der Waals surface area contributed by atoms with Crippen molar-refractivity contribution in [2.24, 2.45) is 0 Å². The largest absolute Gasteiger partial charge is 0.503 e. The number of anilines is 1. The zero-order valence-electron chi connectivity index (χ0n) is 10.1. The second-order valence-electron chi connectivity index (χ2n) is 4.07. The van der Waals surface area contributed by atoms with Crippen LogP contribution in [0.25, 0.3) is 0 Å². The maximum Gasteiger partial charge on any atom is 0.187 e. The van der Waals surface area contributed by atoms with Crippen LogP contribution in [0.15, 0.2) is 34.8 Å². The lowest BCUT2D eigenvalue weighted by Crippen LogP contribution is -2.01. The molecular formula is C14H9BrF2N2O. The van der Waals surface area contributed by atoms with E-state index < -0.39 is 17.4 Å². The van der Waals surface area contributed by atoms with Gasteiger partial charge in [0.2, 0.25) is 0 Å². The van der Waals surface area contributed by atoms with E-state index in [0.717, 1.165) is 12.1 Å². The number of phenols is 1. The van der Waals surface area contributed by atoms with Gasteiger partial charge in [0, 0.05) is 16.7 Å². The number of nitriles is 1. The number of rotatable bonds is 3. The van der Waals surface area contributed by atoms with Gasteiger partial charge in [-0.25, -0.2) is 8.78 Å². The molecule has 0 aromatic heterocycles. The molecule has 20 heavy (non-hydrogen) atoms. The first-order chi connectivity index (χ1) is 9.51. The molecule has 0 atom stereocenters. The normalized spacial score (nSPS) is 10.1. The quantitative estimate of drug-likeness (QED) is 0.891. The summed E-state index contributed by atoms with van der Waals surface area (Å²) in [6.07, 6.45) is 0. The molecule has 2 rings (SSSR count). The molecule has 3 nitrogen and oxygen atoms in total. The maximum atomic E-state index is 13.2. The standard InChI is InChI=1S/C14H9BrF2N2O/c15-10-3-8(6-18)1-2-13(10)19-7-9-4-11(16)14(20)12(17)5-9/h1-5,19-20H,7H2. The van der Waals surface area contributed by atoms with Crippen LogP contribution in [0.3, 0.4) is 0 Å². The van der Waals surface area contributed by atoms with Crippen LogP contribution in [-0.4, -0.2) is 5.11 Å². The van der Waals surface area contributed by atoms with Crippen LogP contribution < -0.4 is 5.32 Å². The fraction of sp³-hybridized carbons (Fsp3) is 0.0714. The monoisotopic (exact) mass is 338 g/mol. The summed E-state index contributed by atoms with van der Waals surface area (Å²) in [7, 11) is 0. The number of benzene rings is 2. The van der Waals surface area contributed by atoms with Gasteiger partial charge in [0.1, 0.15) is 0 Å². The molecule has 6 heteroatoms. The van der Waals surface area contributed by atoms with Gasteiger partial charge in [-0.1, -0.05) is 0 Å². The Morgan fingerprint density at radius 3 is 2.40 bits per heavy atom. The second-order valence-corrected chi connectivity index (χ2v) is 4.92. The predicted octanol–water partition coefficient (Wildman–Crippen LogP) is 3.92. The van der Waals surface area contributed by atoms with Gasteiger partial charge < -0.3 is 10.4 Å². The zero-order valence-corrected chi connectivity index (χ0v) is 11.7. The van der Waals surface area contributed by atoms with Crippen molar-refractivity contribution in [2.45, 2.75) is 6.54 Å². The number of halogens is 3. The summed E-state index contributed by atoms with van der Waals surface area (Å²) in [4.78, 5) is 0. The number of nitrogens with zero attached hydrogens (tertiary/aromatic N) is 1. The molecule has 0 saturated heterocycles. The van der Waals surface area contributed by atoms with Gasteiger partial charge in [0.15, 0.2) is 17.4 Å². The van der Waals surface area contributed by atoms with E-state index >= 15 is 0 Å². The van der Waals surface area contributed by atoms with E-state index in [1.807, 2.05) is 6.07 Å². The Bertz CT molecular complexity index is 675. The lowest BCUT2D eigenvalue weighted by molar-refractivity contribution is 0.395. The molecule has 0 fully saturated rings. The third-order valence-corrected chi connectivity index (χ3v) is 3.31. The molecule has 0 radical (unpaired) electrons. The van der Waals surface area contributed by atoms with Crippen molar-refractivity contribution >= 4 is 21.6 Å². The van der Waals surface area contributed by atoms with Gasteiger partial charge in [-0.05, 0) is 51.8 Å². The first-order valence-electron chi connectivity index (χ1n) is 5.61. The lowest BCUT2D eigenvalue weighted by Gasteiger charge is -2.09. The second kappa shape index (κ2) is 5.88. The average Bonchev–Trinajstić information content (AvgIpc) is 2.43. The minimum Gasteiger partial charge on any atom is -0.503 e. The Morgan fingerprint density at radius 1 is 1.20 bits per heavy atom. The third kappa shape index (κ3) is 3.06. The van der Waals surface area contributed by atoms with Crippen LogP contribution in [0.1, 0.15) is 11.1 Å². The molecule has 0 bridgehead atoms. The van der Waals surface area contributed by atoms with E-state index in [9.17, 15) is 8.78 Å². The Hall–Kier alpha value is -2.13. The molecule has 0 saturated carbocycles. The van der Waals surface area contributed by atoms with E-state index in [-0.39, 0.29) is 6.54 Å². The minimum absolute atomic E-state index is 0.179. The van der Waals surface area contributed by atoms with Gasteiger partial charge in [-0.15, -0.1) is 0 Å². The van der Waals surface area contributed by atoms with Crippen LogP contribution in [0, 0.1) is 23.0 Å². The van der Waals surface area contributed by atoms with Gasteiger partial charge in [-0.3, -0.25) is 0 Å². The number of phenolic OH excluding ortho intramolecular Hbond substituents is 1. The van der Waals surface area contributed by atoms with E-state index in [4.69, 9.17) is 10.4 Å². The molecule has 2 N–H and O–H groups in total. The molecule has 0 aliphatic carbocycles. The Labute approximate surface area is 122 Å². The van der Waals surface area contributed by atoms with Crippen LogP contribution in [0.5, 0.6) is 5.75 Å². The fourth-order valence-electron chi connectivity index (χ4n) is 1.65. The lowest BCUT2D eigenvalue weighted by atomic mass is 10.2. The fourth-order valence-corrected chi connectivity index (χ4v) is 2.16. The average molecular weight is 339 g/mol. The SMILES string of the molecule is N#Cc1ccc(NCc2cc(F)c(O)c(F)c2)c(Br)c1. The van der Waals surface area contributed by atoms with Crippen molar-refractivity contribution in [2.75, 3.05) is 5.32 Å². The van der Waals surface area contributed by atoms with Crippen LogP contribution in [-0.2, 0) is 6.54 Å². The maximum absolute atomic E-state index is 13.2. The summed E-state index contributed by atoms with van der Waals surface area (Å²) in [6.45, 7) is 0.179. The van der Waals surface area contributed by atoms with E-state index in [0.29, 0.717) is 21.3 Å².